The van der Waals surface area contributed by atoms with Crippen LogP contribution in [0.1, 0.15) is 23.6 Å². The van der Waals surface area contributed by atoms with E-state index in [1.165, 1.54) is 13.2 Å². The topological polar surface area (TPSA) is 75.7 Å². The van der Waals surface area contributed by atoms with Gasteiger partial charge in [0.05, 0.1) is 7.11 Å². The number of aromatic hydroxyl groups is 2. The third-order valence-corrected chi connectivity index (χ3v) is 2.69. The molecule has 1 aromatic carbocycles. The lowest BCUT2D eigenvalue weighted by molar-refractivity contribution is 0.364. The van der Waals surface area contributed by atoms with Crippen LogP contribution >= 0.6 is 0 Å². The molecule has 14 heavy (non-hydrogen) atoms. The lowest BCUT2D eigenvalue weighted by Crippen LogP contribution is -2.05. The zero-order valence-electron chi connectivity index (χ0n) is 7.95. The van der Waals surface area contributed by atoms with Gasteiger partial charge in [0.15, 0.2) is 11.5 Å². The first-order valence-corrected chi connectivity index (χ1v) is 4.52. The minimum Gasteiger partial charge on any atom is -0.508 e. The zero-order chi connectivity index (χ0) is 10.3. The molecule has 0 radical (unpaired) electrons. The summed E-state index contributed by atoms with van der Waals surface area (Å²) < 4.78 is 4.93. The van der Waals surface area contributed by atoms with E-state index in [0.717, 1.165) is 12.0 Å². The van der Waals surface area contributed by atoms with Crippen LogP contribution in [0, 0.1) is 0 Å². The van der Waals surface area contributed by atoms with Gasteiger partial charge in [-0.05, 0) is 12.8 Å². The zero-order valence-corrected chi connectivity index (χ0v) is 7.95. The van der Waals surface area contributed by atoms with Crippen LogP contribution < -0.4 is 10.5 Å². The number of phenolic OH excluding ortho intramolecular Hbond substituents is 2. The molecule has 0 fully saturated rings. The molecular formula is C10H13NO3. The summed E-state index contributed by atoms with van der Waals surface area (Å²) in [7, 11) is 1.45. The van der Waals surface area contributed by atoms with Gasteiger partial charge in [-0.1, -0.05) is 0 Å². The second-order valence-corrected chi connectivity index (χ2v) is 3.48. The molecule has 0 saturated carbocycles. The number of rotatable bonds is 1. The second kappa shape index (κ2) is 3.06. The molecule has 0 unspecified atom stereocenters. The Morgan fingerprint density at radius 3 is 2.86 bits per heavy atom. The van der Waals surface area contributed by atoms with E-state index in [4.69, 9.17) is 10.5 Å². The van der Waals surface area contributed by atoms with Crippen molar-refractivity contribution in [2.24, 2.45) is 5.73 Å². The summed E-state index contributed by atoms with van der Waals surface area (Å²) in [6.07, 6.45) is 1.46. The molecule has 0 heterocycles. The largest absolute Gasteiger partial charge is 0.508 e. The highest BCUT2D eigenvalue weighted by Crippen LogP contribution is 2.45. The molecule has 0 aromatic heterocycles. The summed E-state index contributed by atoms with van der Waals surface area (Å²) in [4.78, 5) is 0. The van der Waals surface area contributed by atoms with Gasteiger partial charge in [-0.15, -0.1) is 0 Å². The molecule has 4 heteroatoms. The van der Waals surface area contributed by atoms with E-state index >= 15 is 0 Å². The Balaban J connectivity index is 2.65. The Bertz CT molecular complexity index is 376. The van der Waals surface area contributed by atoms with Crippen LogP contribution in [0.4, 0.5) is 0 Å². The standard InChI is InChI=1S/C10H13NO3/c1-14-8-4-7(12)5-2-3-6(11)9(5)10(8)13/h4,6,12-13H,2-3,11H2,1H3/t6-/m0/s1. The highest BCUT2D eigenvalue weighted by atomic mass is 16.5. The molecule has 1 atom stereocenters. The van der Waals surface area contributed by atoms with Crippen LogP contribution in [0.5, 0.6) is 17.2 Å². The van der Waals surface area contributed by atoms with Crippen molar-refractivity contribution < 1.29 is 14.9 Å². The first-order chi connectivity index (χ1) is 6.65. The molecule has 1 aliphatic carbocycles. The highest BCUT2D eigenvalue weighted by Gasteiger charge is 2.27. The van der Waals surface area contributed by atoms with Gasteiger partial charge in [0, 0.05) is 23.2 Å². The Kier molecular flexibility index (Phi) is 2.00. The van der Waals surface area contributed by atoms with Gasteiger partial charge < -0.3 is 20.7 Å². The van der Waals surface area contributed by atoms with Crippen molar-refractivity contribution >= 4 is 0 Å². The van der Waals surface area contributed by atoms with Crippen molar-refractivity contribution in [3.05, 3.63) is 17.2 Å². The third-order valence-electron chi connectivity index (χ3n) is 2.69. The molecule has 4 N–H and O–H groups in total. The van der Waals surface area contributed by atoms with E-state index in [1.807, 2.05) is 0 Å². The number of phenols is 2. The number of hydrogen-bond acceptors (Lipinski definition) is 4. The fourth-order valence-corrected chi connectivity index (χ4v) is 1.96. The smallest absolute Gasteiger partial charge is 0.164 e. The van der Waals surface area contributed by atoms with Crippen LogP contribution in [0.3, 0.4) is 0 Å². The average molecular weight is 195 g/mol. The molecule has 0 spiro atoms. The van der Waals surface area contributed by atoms with Crippen molar-refractivity contribution in [2.45, 2.75) is 18.9 Å². The fraction of sp³-hybridized carbons (Fsp3) is 0.400. The highest BCUT2D eigenvalue weighted by molar-refractivity contribution is 5.59. The lowest BCUT2D eigenvalue weighted by Gasteiger charge is -2.12. The number of methoxy groups -OCH3 is 1. The summed E-state index contributed by atoms with van der Waals surface area (Å²) in [5, 5.41) is 19.4. The van der Waals surface area contributed by atoms with Gasteiger partial charge in [-0.25, -0.2) is 0 Å². The normalized spacial score (nSPS) is 19.4. The van der Waals surface area contributed by atoms with Gasteiger partial charge in [0.2, 0.25) is 0 Å². The first kappa shape index (κ1) is 9.15. The molecule has 0 bridgehead atoms. The van der Waals surface area contributed by atoms with Gasteiger partial charge in [0.1, 0.15) is 5.75 Å². The van der Waals surface area contributed by atoms with Crippen molar-refractivity contribution in [2.75, 3.05) is 7.11 Å². The molecule has 2 rings (SSSR count). The SMILES string of the molecule is COc1cc(O)c2c(c1O)[C@@H](N)CC2. The number of benzene rings is 1. The second-order valence-electron chi connectivity index (χ2n) is 3.48. The summed E-state index contributed by atoms with van der Waals surface area (Å²) in [5.74, 6) is 0.492. The number of nitrogens with two attached hydrogens (primary N) is 1. The summed E-state index contributed by atoms with van der Waals surface area (Å²) in [5.41, 5.74) is 7.19. The maximum absolute atomic E-state index is 9.79. The number of fused-ring (bicyclic) bond motifs is 1. The molecule has 76 valence electrons. The molecule has 0 saturated heterocycles. The maximum Gasteiger partial charge on any atom is 0.164 e. The predicted molar refractivity (Wildman–Crippen MR) is 51.6 cm³/mol. The minimum atomic E-state index is -0.203. The average Bonchev–Trinajstić information content (AvgIpc) is 2.54. The van der Waals surface area contributed by atoms with Crippen molar-refractivity contribution in [1.29, 1.82) is 0 Å². The quantitative estimate of drug-likeness (QED) is 0.585. The van der Waals surface area contributed by atoms with E-state index in [2.05, 4.69) is 0 Å². The third kappa shape index (κ3) is 1.11. The van der Waals surface area contributed by atoms with E-state index in [-0.39, 0.29) is 23.3 Å². The van der Waals surface area contributed by atoms with Crippen LogP contribution in [0.25, 0.3) is 0 Å². The molecule has 0 amide bonds. The minimum absolute atomic E-state index is 0.0605. The lowest BCUT2D eigenvalue weighted by atomic mass is 10.1. The van der Waals surface area contributed by atoms with E-state index in [1.54, 1.807) is 0 Å². The van der Waals surface area contributed by atoms with E-state index in [0.29, 0.717) is 12.0 Å². The summed E-state index contributed by atoms with van der Waals surface area (Å²) in [6.45, 7) is 0. The van der Waals surface area contributed by atoms with Crippen molar-refractivity contribution in [1.82, 2.24) is 0 Å². The van der Waals surface area contributed by atoms with Crippen LogP contribution in [0.15, 0.2) is 6.07 Å². The monoisotopic (exact) mass is 195 g/mol. The molecule has 0 aliphatic heterocycles. The van der Waals surface area contributed by atoms with Gasteiger partial charge in [0.25, 0.3) is 0 Å². The molecule has 1 aliphatic rings. The Labute approximate surface area is 81.9 Å². The maximum atomic E-state index is 9.79. The van der Waals surface area contributed by atoms with Crippen LogP contribution in [-0.4, -0.2) is 17.3 Å². The van der Waals surface area contributed by atoms with Crippen molar-refractivity contribution in [3.8, 4) is 17.2 Å². The fourth-order valence-electron chi connectivity index (χ4n) is 1.96. The van der Waals surface area contributed by atoms with E-state index < -0.39 is 0 Å². The van der Waals surface area contributed by atoms with Crippen LogP contribution in [0.2, 0.25) is 0 Å². The van der Waals surface area contributed by atoms with Gasteiger partial charge >= 0.3 is 0 Å². The summed E-state index contributed by atoms with van der Waals surface area (Å²) >= 11 is 0. The predicted octanol–water partition coefficient (Wildman–Crippen LogP) is 1.05. The first-order valence-electron chi connectivity index (χ1n) is 4.52. The van der Waals surface area contributed by atoms with Crippen LogP contribution in [-0.2, 0) is 6.42 Å². The number of hydrogen-bond donors (Lipinski definition) is 3. The van der Waals surface area contributed by atoms with Gasteiger partial charge in [-0.3, -0.25) is 0 Å². The van der Waals surface area contributed by atoms with E-state index in [9.17, 15) is 10.2 Å². The Morgan fingerprint density at radius 2 is 2.21 bits per heavy atom. The Morgan fingerprint density at radius 1 is 1.50 bits per heavy atom. The molecule has 1 aromatic rings. The molecule has 4 nitrogen and oxygen atoms in total. The Hall–Kier alpha value is -1.42. The van der Waals surface area contributed by atoms with Crippen molar-refractivity contribution in [3.63, 3.8) is 0 Å². The number of ether oxygens (including phenoxy) is 1. The summed E-state index contributed by atoms with van der Waals surface area (Å²) in [6, 6.07) is 1.22. The van der Waals surface area contributed by atoms with Gasteiger partial charge in [-0.2, -0.15) is 0 Å². The molecular weight excluding hydrogens is 182 g/mol.